The van der Waals surface area contributed by atoms with Crippen LogP contribution in [-0.2, 0) is 17.8 Å². The number of carbonyl (C=O) groups is 1. The lowest BCUT2D eigenvalue weighted by molar-refractivity contribution is -0.136. The summed E-state index contributed by atoms with van der Waals surface area (Å²) >= 11 is 0. The van der Waals surface area contributed by atoms with Gasteiger partial charge in [0.05, 0.1) is 11.6 Å². The third-order valence-corrected chi connectivity index (χ3v) is 6.40. The maximum Gasteiger partial charge on any atom is 0.227 e. The topological polar surface area (TPSA) is 67.2 Å². The highest BCUT2D eigenvalue weighted by Gasteiger charge is 2.31. The molecule has 0 spiro atoms. The van der Waals surface area contributed by atoms with Crippen molar-refractivity contribution < 1.29 is 4.79 Å². The second kappa shape index (κ2) is 8.13. The molecule has 1 unspecified atom stereocenters. The molecule has 0 saturated carbocycles. The van der Waals surface area contributed by atoms with Gasteiger partial charge in [-0.25, -0.2) is 4.68 Å². The Kier molecular flexibility index (Phi) is 5.18. The summed E-state index contributed by atoms with van der Waals surface area (Å²) in [5, 5.41) is 13.3. The lowest BCUT2D eigenvalue weighted by Crippen LogP contribution is -2.46. The summed E-state index contributed by atoms with van der Waals surface area (Å²) < 4.78 is 1.81. The number of amides is 1. The molecule has 1 amide bonds. The number of hydrogen-bond acceptors (Lipinski definition) is 5. The molecule has 1 atom stereocenters. The number of carbonyl (C=O) groups excluding carboxylic acids is 1. The van der Waals surface area contributed by atoms with Gasteiger partial charge in [0.15, 0.2) is 11.6 Å². The van der Waals surface area contributed by atoms with E-state index in [2.05, 4.69) is 44.5 Å². The van der Waals surface area contributed by atoms with Gasteiger partial charge in [-0.05, 0) is 62.4 Å². The summed E-state index contributed by atoms with van der Waals surface area (Å²) in [6.45, 7) is 7.12. The van der Waals surface area contributed by atoms with E-state index >= 15 is 0 Å². The smallest absolute Gasteiger partial charge is 0.227 e. The van der Waals surface area contributed by atoms with Crippen LogP contribution in [0.25, 0.3) is 5.82 Å². The van der Waals surface area contributed by atoms with Crippen LogP contribution in [0.5, 0.6) is 0 Å². The summed E-state index contributed by atoms with van der Waals surface area (Å²) in [7, 11) is 0. The van der Waals surface area contributed by atoms with Crippen molar-refractivity contribution in [3.8, 4) is 5.82 Å². The molecule has 3 aromatic rings. The second-order valence-electron chi connectivity index (χ2n) is 8.65. The van der Waals surface area contributed by atoms with Crippen LogP contribution in [0.15, 0.2) is 42.5 Å². The van der Waals surface area contributed by atoms with Crippen molar-refractivity contribution in [1.29, 1.82) is 0 Å². The van der Waals surface area contributed by atoms with Crippen LogP contribution in [-0.4, -0.2) is 50.4 Å². The van der Waals surface area contributed by atoms with Gasteiger partial charge < -0.3 is 9.80 Å². The first kappa shape index (κ1) is 19.7. The van der Waals surface area contributed by atoms with E-state index in [0.29, 0.717) is 12.4 Å². The quantitative estimate of drug-likeness (QED) is 0.656. The Morgan fingerprint density at radius 3 is 2.52 bits per heavy atom. The molecule has 0 N–H and O–H groups in total. The van der Waals surface area contributed by atoms with Gasteiger partial charge >= 0.3 is 0 Å². The standard InChI is InChI=1S/C24H28N6O/c1-17-14-18(2)30(27-17)23-10-9-22(25-26-23)28-12-5-8-21(16-28)24(31)29-13-11-19-6-3-4-7-20(19)15-29/h3-4,6-7,9-10,14,21H,5,8,11-13,15-16H2,1-2H3. The SMILES string of the molecule is Cc1cc(C)n(-c2ccc(N3CCCC(C(=O)N4CCc5ccccc5C4)C3)nn2)n1. The zero-order chi connectivity index (χ0) is 21.4. The lowest BCUT2D eigenvalue weighted by Gasteiger charge is -2.37. The van der Waals surface area contributed by atoms with Crippen LogP contribution in [0.2, 0.25) is 0 Å². The predicted octanol–water partition coefficient (Wildman–Crippen LogP) is 3.08. The summed E-state index contributed by atoms with van der Waals surface area (Å²) in [5.74, 6) is 1.82. The van der Waals surface area contributed by atoms with E-state index in [0.717, 1.165) is 56.1 Å². The van der Waals surface area contributed by atoms with Gasteiger partial charge in [-0.1, -0.05) is 24.3 Å². The molecule has 1 fully saturated rings. The minimum Gasteiger partial charge on any atom is -0.354 e. The number of aryl methyl sites for hydroxylation is 2. The highest BCUT2D eigenvalue weighted by molar-refractivity contribution is 5.80. The molecule has 7 heteroatoms. The van der Waals surface area contributed by atoms with Crippen LogP contribution in [0, 0.1) is 19.8 Å². The van der Waals surface area contributed by atoms with Crippen LogP contribution in [0.1, 0.15) is 35.4 Å². The summed E-state index contributed by atoms with van der Waals surface area (Å²) in [6, 6.07) is 14.4. The molecule has 2 aliphatic heterocycles. The van der Waals surface area contributed by atoms with Gasteiger partial charge in [0.2, 0.25) is 5.91 Å². The molecule has 31 heavy (non-hydrogen) atoms. The van der Waals surface area contributed by atoms with Crippen molar-refractivity contribution in [3.63, 3.8) is 0 Å². The van der Waals surface area contributed by atoms with E-state index < -0.39 is 0 Å². The van der Waals surface area contributed by atoms with E-state index in [9.17, 15) is 4.79 Å². The molecule has 0 aliphatic carbocycles. The number of benzene rings is 1. The third-order valence-electron chi connectivity index (χ3n) is 6.40. The van der Waals surface area contributed by atoms with Crippen molar-refractivity contribution in [3.05, 3.63) is 65.0 Å². The maximum absolute atomic E-state index is 13.3. The van der Waals surface area contributed by atoms with E-state index in [4.69, 9.17) is 0 Å². The average molecular weight is 417 g/mol. The fourth-order valence-electron chi connectivity index (χ4n) is 4.79. The molecule has 7 nitrogen and oxygen atoms in total. The van der Waals surface area contributed by atoms with Crippen LogP contribution in [0.3, 0.4) is 0 Å². The Balaban J connectivity index is 1.27. The largest absolute Gasteiger partial charge is 0.354 e. The van der Waals surface area contributed by atoms with E-state index in [1.807, 2.05) is 41.6 Å². The summed E-state index contributed by atoms with van der Waals surface area (Å²) in [4.78, 5) is 17.5. The normalized spacial score (nSPS) is 18.7. The van der Waals surface area contributed by atoms with Crippen molar-refractivity contribution in [1.82, 2.24) is 24.9 Å². The molecule has 0 bridgehead atoms. The van der Waals surface area contributed by atoms with Crippen LogP contribution in [0.4, 0.5) is 5.82 Å². The molecule has 2 aromatic heterocycles. The van der Waals surface area contributed by atoms with Crippen LogP contribution < -0.4 is 4.90 Å². The summed E-state index contributed by atoms with van der Waals surface area (Å²) in [5.41, 5.74) is 4.64. The average Bonchev–Trinajstić information content (AvgIpc) is 3.16. The number of hydrogen-bond donors (Lipinski definition) is 0. The maximum atomic E-state index is 13.3. The Labute approximate surface area is 182 Å². The Morgan fingerprint density at radius 2 is 1.77 bits per heavy atom. The Bertz CT molecular complexity index is 1090. The van der Waals surface area contributed by atoms with Crippen molar-refractivity contribution >= 4 is 11.7 Å². The van der Waals surface area contributed by atoms with Gasteiger partial charge in [-0.3, -0.25) is 4.79 Å². The van der Waals surface area contributed by atoms with E-state index in [-0.39, 0.29) is 11.8 Å². The molecule has 4 heterocycles. The molecule has 2 aliphatic rings. The first-order chi connectivity index (χ1) is 15.1. The first-order valence-corrected chi connectivity index (χ1v) is 11.1. The molecule has 0 radical (unpaired) electrons. The molecular formula is C24H28N6O. The first-order valence-electron chi connectivity index (χ1n) is 11.1. The Morgan fingerprint density at radius 1 is 1.00 bits per heavy atom. The molecule has 1 saturated heterocycles. The van der Waals surface area contributed by atoms with Gasteiger partial charge in [0, 0.05) is 31.9 Å². The number of aromatic nitrogens is 4. The van der Waals surface area contributed by atoms with Gasteiger partial charge in [-0.2, -0.15) is 5.10 Å². The summed E-state index contributed by atoms with van der Waals surface area (Å²) in [6.07, 6.45) is 2.87. The minimum absolute atomic E-state index is 0.0106. The second-order valence-corrected chi connectivity index (χ2v) is 8.65. The number of nitrogens with zero attached hydrogens (tertiary/aromatic N) is 6. The van der Waals surface area contributed by atoms with Gasteiger partial charge in [-0.15, -0.1) is 10.2 Å². The highest BCUT2D eigenvalue weighted by atomic mass is 16.2. The fourth-order valence-corrected chi connectivity index (χ4v) is 4.79. The number of piperidine rings is 1. The van der Waals surface area contributed by atoms with Gasteiger partial charge in [0.1, 0.15) is 0 Å². The predicted molar refractivity (Wildman–Crippen MR) is 119 cm³/mol. The highest BCUT2D eigenvalue weighted by Crippen LogP contribution is 2.26. The van der Waals surface area contributed by atoms with E-state index in [1.54, 1.807) is 0 Å². The van der Waals surface area contributed by atoms with Crippen molar-refractivity contribution in [2.24, 2.45) is 5.92 Å². The number of fused-ring (bicyclic) bond motifs is 1. The third kappa shape index (κ3) is 3.92. The number of rotatable bonds is 3. The van der Waals surface area contributed by atoms with Gasteiger partial charge in [0.25, 0.3) is 0 Å². The minimum atomic E-state index is 0.0106. The Hall–Kier alpha value is -3.22. The molecule has 1 aromatic carbocycles. The fraction of sp³-hybridized carbons (Fsp3) is 0.417. The monoisotopic (exact) mass is 416 g/mol. The van der Waals surface area contributed by atoms with E-state index in [1.165, 1.54) is 11.1 Å². The molecule has 160 valence electrons. The molecular weight excluding hydrogens is 388 g/mol. The zero-order valence-electron chi connectivity index (χ0n) is 18.2. The zero-order valence-corrected chi connectivity index (χ0v) is 18.2. The van der Waals surface area contributed by atoms with Crippen LogP contribution >= 0.6 is 0 Å². The van der Waals surface area contributed by atoms with Crippen molar-refractivity contribution in [2.75, 3.05) is 24.5 Å². The van der Waals surface area contributed by atoms with Crippen molar-refractivity contribution in [2.45, 2.75) is 39.7 Å². The molecule has 5 rings (SSSR count). The lowest BCUT2D eigenvalue weighted by atomic mass is 9.94. The number of anilines is 1.